The van der Waals surface area contributed by atoms with E-state index in [2.05, 4.69) is 26.4 Å². The van der Waals surface area contributed by atoms with Gasteiger partial charge in [-0.2, -0.15) is 5.26 Å². The Hall–Kier alpha value is -2.76. The van der Waals surface area contributed by atoms with Crippen molar-refractivity contribution < 1.29 is 8.42 Å². The SMILES string of the molecule is CC1(NS(=O)(=O)c2ccc(-c3c(C#N)c4cc(C5CC5)cnc4n3C3CCC3)nc2)CC1. The van der Waals surface area contributed by atoms with Gasteiger partial charge in [0.25, 0.3) is 0 Å². The molecule has 3 fully saturated rings. The Labute approximate surface area is 187 Å². The Morgan fingerprint density at radius 2 is 1.94 bits per heavy atom. The largest absolute Gasteiger partial charge is 0.320 e. The van der Waals surface area contributed by atoms with Crippen LogP contribution in [-0.4, -0.2) is 28.5 Å². The van der Waals surface area contributed by atoms with Crippen LogP contribution in [0.5, 0.6) is 0 Å². The maximum Gasteiger partial charge on any atom is 0.242 e. The number of nitrogens with one attached hydrogen (secondary N) is 1. The van der Waals surface area contributed by atoms with Gasteiger partial charge in [-0.25, -0.2) is 18.1 Å². The lowest BCUT2D eigenvalue weighted by Crippen LogP contribution is -2.34. The first-order valence-corrected chi connectivity index (χ1v) is 12.8. The number of hydrogen-bond acceptors (Lipinski definition) is 5. The van der Waals surface area contributed by atoms with E-state index in [1.165, 1.54) is 24.6 Å². The van der Waals surface area contributed by atoms with Crippen molar-refractivity contribution in [2.45, 2.75) is 74.3 Å². The second kappa shape index (κ2) is 6.87. The Kier molecular flexibility index (Phi) is 4.27. The molecular weight excluding hydrogens is 422 g/mol. The molecule has 3 aromatic heterocycles. The summed E-state index contributed by atoms with van der Waals surface area (Å²) in [5.41, 5.74) is 3.61. The highest BCUT2D eigenvalue weighted by Gasteiger charge is 2.41. The van der Waals surface area contributed by atoms with Crippen LogP contribution in [0.4, 0.5) is 0 Å². The summed E-state index contributed by atoms with van der Waals surface area (Å²) in [5, 5.41) is 11.0. The molecule has 3 aromatic rings. The molecule has 164 valence electrons. The lowest BCUT2D eigenvalue weighted by molar-refractivity contribution is 0.322. The van der Waals surface area contributed by atoms with Crippen molar-refractivity contribution in [2.24, 2.45) is 0 Å². The summed E-state index contributed by atoms with van der Waals surface area (Å²) in [5.74, 6) is 0.553. The molecule has 6 rings (SSSR count). The monoisotopic (exact) mass is 447 g/mol. The quantitative estimate of drug-likeness (QED) is 0.603. The summed E-state index contributed by atoms with van der Waals surface area (Å²) in [6.07, 6.45) is 10.6. The van der Waals surface area contributed by atoms with E-state index in [0.29, 0.717) is 17.2 Å². The van der Waals surface area contributed by atoms with E-state index in [4.69, 9.17) is 4.98 Å². The topological polar surface area (TPSA) is 101 Å². The summed E-state index contributed by atoms with van der Waals surface area (Å²) in [4.78, 5) is 9.45. The van der Waals surface area contributed by atoms with Crippen molar-refractivity contribution in [3.8, 4) is 17.5 Å². The molecule has 1 N–H and O–H groups in total. The van der Waals surface area contributed by atoms with Gasteiger partial charge in [0, 0.05) is 29.4 Å². The van der Waals surface area contributed by atoms with Gasteiger partial charge in [-0.3, -0.25) is 4.98 Å². The zero-order valence-electron chi connectivity index (χ0n) is 18.0. The third-order valence-electron chi connectivity index (χ3n) is 7.13. The highest BCUT2D eigenvalue weighted by Crippen LogP contribution is 2.45. The zero-order valence-corrected chi connectivity index (χ0v) is 18.8. The number of pyridine rings is 2. The zero-order chi connectivity index (χ0) is 22.1. The minimum absolute atomic E-state index is 0.147. The number of rotatable bonds is 6. The normalized spacial score (nSPS) is 20.1. The maximum absolute atomic E-state index is 12.7. The summed E-state index contributed by atoms with van der Waals surface area (Å²) in [6.45, 7) is 1.91. The molecule has 0 saturated heterocycles. The minimum Gasteiger partial charge on any atom is -0.320 e. The number of fused-ring (bicyclic) bond motifs is 1. The Morgan fingerprint density at radius 3 is 2.50 bits per heavy atom. The molecule has 0 bridgehead atoms. The van der Waals surface area contributed by atoms with Crippen molar-refractivity contribution in [2.75, 3.05) is 0 Å². The molecule has 0 amide bonds. The highest BCUT2D eigenvalue weighted by molar-refractivity contribution is 7.89. The van der Waals surface area contributed by atoms with Crippen molar-refractivity contribution in [1.29, 1.82) is 5.26 Å². The van der Waals surface area contributed by atoms with Crippen LogP contribution in [0.25, 0.3) is 22.4 Å². The molecule has 3 aliphatic carbocycles. The molecule has 8 heteroatoms. The lowest BCUT2D eigenvalue weighted by atomic mass is 9.92. The Balaban J connectivity index is 1.47. The first-order chi connectivity index (χ1) is 15.4. The second-order valence-corrected chi connectivity index (χ2v) is 11.4. The molecule has 0 radical (unpaired) electrons. The van der Waals surface area contributed by atoms with E-state index in [-0.39, 0.29) is 16.5 Å². The fourth-order valence-corrected chi connectivity index (χ4v) is 5.97. The highest BCUT2D eigenvalue weighted by atomic mass is 32.2. The van der Waals surface area contributed by atoms with Gasteiger partial charge in [0.05, 0.1) is 17.0 Å². The van der Waals surface area contributed by atoms with Gasteiger partial charge < -0.3 is 4.57 Å². The van der Waals surface area contributed by atoms with E-state index < -0.39 is 10.0 Å². The van der Waals surface area contributed by atoms with Crippen LogP contribution >= 0.6 is 0 Å². The minimum atomic E-state index is -3.62. The van der Waals surface area contributed by atoms with E-state index in [1.807, 2.05) is 13.1 Å². The summed E-state index contributed by atoms with van der Waals surface area (Å²) < 4.78 is 30.4. The van der Waals surface area contributed by atoms with Gasteiger partial charge in [-0.05, 0) is 81.5 Å². The molecule has 0 atom stereocenters. The van der Waals surface area contributed by atoms with Gasteiger partial charge in [0.2, 0.25) is 10.0 Å². The molecule has 3 saturated carbocycles. The molecule has 0 spiro atoms. The molecule has 3 heterocycles. The number of hydrogen-bond donors (Lipinski definition) is 1. The summed E-state index contributed by atoms with van der Waals surface area (Å²) in [6, 6.07) is 8.11. The first kappa shape index (κ1) is 19.9. The number of nitriles is 1. The number of nitrogens with zero attached hydrogens (tertiary/aromatic N) is 4. The maximum atomic E-state index is 12.7. The third-order valence-corrected chi connectivity index (χ3v) is 8.76. The second-order valence-electron chi connectivity index (χ2n) is 9.75. The predicted octanol–water partition coefficient (Wildman–Crippen LogP) is 4.40. The summed E-state index contributed by atoms with van der Waals surface area (Å²) in [7, 11) is -3.62. The van der Waals surface area contributed by atoms with E-state index in [9.17, 15) is 13.7 Å². The van der Waals surface area contributed by atoms with Gasteiger partial charge in [0.15, 0.2) is 0 Å². The van der Waals surface area contributed by atoms with Gasteiger partial charge in [-0.15, -0.1) is 0 Å². The smallest absolute Gasteiger partial charge is 0.242 e. The van der Waals surface area contributed by atoms with Gasteiger partial charge in [0.1, 0.15) is 16.6 Å². The fraction of sp³-hybridized carbons (Fsp3) is 0.458. The van der Waals surface area contributed by atoms with E-state index in [1.54, 1.807) is 12.1 Å². The number of sulfonamides is 1. The lowest BCUT2D eigenvalue weighted by Gasteiger charge is -2.29. The van der Waals surface area contributed by atoms with Gasteiger partial charge in [-0.1, -0.05) is 0 Å². The molecule has 3 aliphatic rings. The van der Waals surface area contributed by atoms with Crippen LogP contribution in [-0.2, 0) is 10.0 Å². The molecular formula is C24H25N5O2S. The third kappa shape index (κ3) is 3.23. The number of aromatic nitrogens is 3. The molecule has 0 aliphatic heterocycles. The van der Waals surface area contributed by atoms with Crippen molar-refractivity contribution >= 4 is 21.1 Å². The molecule has 0 aromatic carbocycles. The van der Waals surface area contributed by atoms with Crippen LogP contribution in [0, 0.1) is 11.3 Å². The van der Waals surface area contributed by atoms with Crippen molar-refractivity contribution in [1.82, 2.24) is 19.3 Å². The Bertz CT molecular complexity index is 1370. The van der Waals surface area contributed by atoms with Crippen LogP contribution in [0.1, 0.15) is 75.0 Å². The fourth-order valence-electron chi connectivity index (χ4n) is 4.56. The van der Waals surface area contributed by atoms with Crippen LogP contribution in [0.2, 0.25) is 0 Å². The Morgan fingerprint density at radius 1 is 1.16 bits per heavy atom. The molecule has 0 unspecified atom stereocenters. The van der Waals surface area contributed by atoms with E-state index in [0.717, 1.165) is 48.8 Å². The predicted molar refractivity (Wildman–Crippen MR) is 121 cm³/mol. The summed E-state index contributed by atoms with van der Waals surface area (Å²) >= 11 is 0. The van der Waals surface area contributed by atoms with E-state index >= 15 is 0 Å². The van der Waals surface area contributed by atoms with Crippen LogP contribution < -0.4 is 4.72 Å². The van der Waals surface area contributed by atoms with Gasteiger partial charge >= 0.3 is 0 Å². The van der Waals surface area contributed by atoms with Crippen molar-refractivity contribution in [3.05, 3.63) is 41.7 Å². The van der Waals surface area contributed by atoms with Crippen LogP contribution in [0.3, 0.4) is 0 Å². The standard InChI is InChI=1S/C24H25N5O2S/c1-24(9-10-24)28-32(30,31)18-7-8-21(26-14-18)22-20(12-25)19-11-16(15-5-6-15)13-27-23(19)29(22)17-3-2-4-17/h7-8,11,13-15,17,28H,2-6,9-10H2,1H3. The first-order valence-electron chi connectivity index (χ1n) is 11.3. The average molecular weight is 448 g/mol. The molecule has 7 nitrogen and oxygen atoms in total. The molecule has 32 heavy (non-hydrogen) atoms. The van der Waals surface area contributed by atoms with Crippen molar-refractivity contribution in [3.63, 3.8) is 0 Å². The average Bonchev–Trinajstić information content (AvgIpc) is 3.66. The van der Waals surface area contributed by atoms with Crippen LogP contribution in [0.15, 0.2) is 35.5 Å².